The van der Waals surface area contributed by atoms with Crippen molar-refractivity contribution in [2.24, 2.45) is 0 Å². The molecule has 0 fully saturated rings. The fourth-order valence-electron chi connectivity index (χ4n) is 1.91. The zero-order valence-corrected chi connectivity index (χ0v) is 12.8. The molecule has 1 unspecified atom stereocenters. The van der Waals surface area contributed by atoms with E-state index in [1.165, 1.54) is 6.20 Å². The number of benzene rings is 1. The number of aromatic nitrogens is 2. The zero-order chi connectivity index (χ0) is 14.6. The second-order valence-corrected chi connectivity index (χ2v) is 6.68. The Balaban J connectivity index is 2.30. The van der Waals surface area contributed by atoms with Crippen molar-refractivity contribution in [1.29, 1.82) is 0 Å². The Morgan fingerprint density at radius 3 is 2.80 bits per heavy atom. The van der Waals surface area contributed by atoms with Crippen LogP contribution in [0.1, 0.15) is 24.9 Å². The minimum absolute atomic E-state index is 0.134. The Labute approximate surface area is 122 Å². The van der Waals surface area contributed by atoms with Crippen molar-refractivity contribution in [1.82, 2.24) is 14.9 Å². The summed E-state index contributed by atoms with van der Waals surface area (Å²) in [6, 6.07) is 7.05. The molecule has 0 saturated carbocycles. The normalized spacial score (nSPS) is 13.1. The lowest BCUT2D eigenvalue weighted by Crippen LogP contribution is -2.17. The first kappa shape index (κ1) is 14.9. The van der Waals surface area contributed by atoms with Gasteiger partial charge in [-0.05, 0) is 31.2 Å². The summed E-state index contributed by atoms with van der Waals surface area (Å²) in [6.45, 7) is 2.05. The Morgan fingerprint density at radius 2 is 2.20 bits per heavy atom. The minimum Gasteiger partial charge on any atom is -0.313 e. The van der Waals surface area contributed by atoms with Gasteiger partial charge in [0.15, 0.2) is 0 Å². The molecular formula is C12H16N4O2S2. The van der Waals surface area contributed by atoms with Crippen LogP contribution >= 0.6 is 11.5 Å². The largest absolute Gasteiger partial charge is 0.313 e. The highest BCUT2D eigenvalue weighted by Gasteiger charge is 2.17. The van der Waals surface area contributed by atoms with Crippen molar-refractivity contribution in [3.05, 3.63) is 36.0 Å². The maximum absolute atomic E-state index is 12.3. The Hall–Kier alpha value is -1.51. The number of nitrogens with one attached hydrogen (secondary N) is 2. The fraction of sp³-hybridized carbons (Fsp3) is 0.333. The molecule has 0 radical (unpaired) electrons. The first-order valence-electron chi connectivity index (χ1n) is 6.14. The number of hydrogen-bond acceptors (Lipinski definition) is 6. The van der Waals surface area contributed by atoms with E-state index in [-0.39, 0.29) is 10.9 Å². The summed E-state index contributed by atoms with van der Waals surface area (Å²) < 4.78 is 30.6. The van der Waals surface area contributed by atoms with E-state index >= 15 is 0 Å². The molecule has 0 aliphatic rings. The van der Waals surface area contributed by atoms with Crippen LogP contribution in [-0.4, -0.2) is 25.1 Å². The highest BCUT2D eigenvalue weighted by Crippen LogP contribution is 2.22. The maximum Gasteiger partial charge on any atom is 0.262 e. The van der Waals surface area contributed by atoms with Crippen molar-refractivity contribution in [2.75, 3.05) is 11.8 Å². The highest BCUT2D eigenvalue weighted by molar-refractivity contribution is 7.93. The number of anilines is 1. The molecule has 20 heavy (non-hydrogen) atoms. The van der Waals surface area contributed by atoms with Gasteiger partial charge in [0, 0.05) is 17.6 Å². The van der Waals surface area contributed by atoms with Crippen LogP contribution in [0.4, 0.5) is 5.00 Å². The van der Waals surface area contributed by atoms with E-state index < -0.39 is 10.0 Å². The van der Waals surface area contributed by atoms with Crippen LogP contribution in [0, 0.1) is 0 Å². The first-order chi connectivity index (χ1) is 9.56. The van der Waals surface area contributed by atoms with E-state index in [2.05, 4.69) is 19.6 Å². The second kappa shape index (κ2) is 6.29. The van der Waals surface area contributed by atoms with E-state index in [0.29, 0.717) is 5.00 Å². The topological polar surface area (TPSA) is 84.0 Å². The lowest BCUT2D eigenvalue weighted by atomic mass is 10.1. The van der Waals surface area contributed by atoms with Crippen LogP contribution in [0.5, 0.6) is 0 Å². The summed E-state index contributed by atoms with van der Waals surface area (Å²) in [5, 5.41) is 7.16. The van der Waals surface area contributed by atoms with Crippen LogP contribution in [-0.2, 0) is 10.0 Å². The van der Waals surface area contributed by atoms with Crippen LogP contribution in [0.3, 0.4) is 0 Å². The van der Waals surface area contributed by atoms with E-state index in [1.54, 1.807) is 18.2 Å². The summed E-state index contributed by atoms with van der Waals surface area (Å²) in [5.41, 5.74) is 0.945. The summed E-state index contributed by atoms with van der Waals surface area (Å²) in [5.74, 6) is 0. The van der Waals surface area contributed by atoms with Gasteiger partial charge in [0.1, 0.15) is 5.00 Å². The third kappa shape index (κ3) is 3.33. The molecule has 1 aromatic heterocycles. The molecule has 2 aromatic rings. The maximum atomic E-state index is 12.3. The lowest BCUT2D eigenvalue weighted by Gasteiger charge is -2.15. The summed E-state index contributed by atoms with van der Waals surface area (Å²) in [4.78, 5) is 0.233. The molecule has 0 aliphatic heterocycles. The van der Waals surface area contributed by atoms with Gasteiger partial charge in [-0.15, -0.1) is 5.10 Å². The van der Waals surface area contributed by atoms with E-state index in [4.69, 9.17) is 0 Å². The Morgan fingerprint density at radius 1 is 1.40 bits per heavy atom. The van der Waals surface area contributed by atoms with Crippen molar-refractivity contribution < 1.29 is 8.42 Å². The quantitative estimate of drug-likeness (QED) is 0.852. The number of rotatable bonds is 6. The SMILES string of the molecule is CCC(NC)c1cccc(S(=O)(=O)Nc2cnns2)c1. The zero-order valence-electron chi connectivity index (χ0n) is 11.2. The molecule has 1 heterocycles. The summed E-state index contributed by atoms with van der Waals surface area (Å²) >= 11 is 1.00. The molecule has 2 N–H and O–H groups in total. The molecule has 0 bridgehead atoms. The van der Waals surface area contributed by atoms with Crippen LogP contribution < -0.4 is 10.0 Å². The van der Waals surface area contributed by atoms with Gasteiger partial charge < -0.3 is 5.32 Å². The second-order valence-electron chi connectivity index (χ2n) is 4.21. The molecule has 8 heteroatoms. The lowest BCUT2D eigenvalue weighted by molar-refractivity contribution is 0.574. The number of nitrogens with zero attached hydrogens (tertiary/aromatic N) is 2. The van der Waals surface area contributed by atoms with E-state index in [1.807, 2.05) is 20.0 Å². The Kier molecular flexibility index (Phi) is 4.69. The van der Waals surface area contributed by atoms with Gasteiger partial charge in [-0.2, -0.15) is 0 Å². The predicted molar refractivity (Wildman–Crippen MR) is 79.3 cm³/mol. The third-order valence-corrected chi connectivity index (χ3v) is 5.00. The van der Waals surface area contributed by atoms with Crippen LogP contribution in [0.2, 0.25) is 0 Å². The van der Waals surface area contributed by atoms with Gasteiger partial charge in [0.25, 0.3) is 10.0 Å². The van der Waals surface area contributed by atoms with Crippen molar-refractivity contribution in [2.45, 2.75) is 24.3 Å². The van der Waals surface area contributed by atoms with Crippen LogP contribution in [0.25, 0.3) is 0 Å². The average Bonchev–Trinajstić information content (AvgIpc) is 2.93. The standard InChI is InChI=1S/C12H16N4O2S2/c1-3-11(13-2)9-5-4-6-10(7-9)20(17,18)15-12-8-14-16-19-12/h4-8,11,13,15H,3H2,1-2H3. The fourth-order valence-corrected chi connectivity index (χ4v) is 3.65. The molecule has 0 saturated heterocycles. The van der Waals surface area contributed by atoms with Gasteiger partial charge in [0.05, 0.1) is 11.1 Å². The monoisotopic (exact) mass is 312 g/mol. The number of sulfonamides is 1. The van der Waals surface area contributed by atoms with Crippen molar-refractivity contribution >= 4 is 26.6 Å². The smallest absolute Gasteiger partial charge is 0.262 e. The summed E-state index contributed by atoms with van der Waals surface area (Å²) in [7, 11) is -1.75. The van der Waals surface area contributed by atoms with Gasteiger partial charge >= 0.3 is 0 Å². The van der Waals surface area contributed by atoms with E-state index in [0.717, 1.165) is 23.5 Å². The minimum atomic E-state index is -3.60. The van der Waals surface area contributed by atoms with Crippen molar-refractivity contribution in [3.63, 3.8) is 0 Å². The average molecular weight is 312 g/mol. The van der Waals surface area contributed by atoms with Gasteiger partial charge in [-0.1, -0.05) is 23.5 Å². The van der Waals surface area contributed by atoms with Gasteiger partial charge in [-0.3, -0.25) is 4.72 Å². The summed E-state index contributed by atoms with van der Waals surface area (Å²) in [6.07, 6.45) is 2.26. The van der Waals surface area contributed by atoms with E-state index in [9.17, 15) is 8.42 Å². The third-order valence-electron chi connectivity index (χ3n) is 2.92. The molecule has 2 rings (SSSR count). The molecule has 0 aliphatic carbocycles. The van der Waals surface area contributed by atoms with Crippen LogP contribution in [0.15, 0.2) is 35.4 Å². The first-order valence-corrected chi connectivity index (χ1v) is 8.40. The molecule has 1 aromatic carbocycles. The van der Waals surface area contributed by atoms with Gasteiger partial charge in [-0.25, -0.2) is 8.42 Å². The van der Waals surface area contributed by atoms with Gasteiger partial charge in [0.2, 0.25) is 0 Å². The molecular weight excluding hydrogens is 296 g/mol. The molecule has 0 amide bonds. The Bertz CT molecular complexity index is 652. The van der Waals surface area contributed by atoms with Crippen molar-refractivity contribution in [3.8, 4) is 0 Å². The molecule has 0 spiro atoms. The predicted octanol–water partition coefficient (Wildman–Crippen LogP) is 2.01. The highest BCUT2D eigenvalue weighted by atomic mass is 32.2. The molecule has 1 atom stereocenters. The number of hydrogen-bond donors (Lipinski definition) is 2. The molecule has 108 valence electrons. The molecule has 6 nitrogen and oxygen atoms in total.